The van der Waals surface area contributed by atoms with E-state index in [1.54, 1.807) is 6.92 Å². The molecule has 108 valence electrons. The van der Waals surface area contributed by atoms with E-state index in [1.165, 1.54) is 0 Å². The highest BCUT2D eigenvalue weighted by Gasteiger charge is 2.22. The largest absolute Gasteiger partial charge is 0.388 e. The van der Waals surface area contributed by atoms with E-state index in [1.807, 2.05) is 34.6 Å². The number of nitrogens with zero attached hydrogens (tertiary/aromatic N) is 2. The maximum absolute atomic E-state index is 10.0. The predicted molar refractivity (Wildman–Crippen MR) is 79.3 cm³/mol. The number of hydrogen-bond donors (Lipinski definition) is 3. The molecule has 0 amide bonds. The fourth-order valence-electron chi connectivity index (χ4n) is 1.44. The van der Waals surface area contributed by atoms with Crippen molar-refractivity contribution in [1.82, 2.24) is 9.97 Å². The van der Waals surface area contributed by atoms with E-state index in [-0.39, 0.29) is 5.41 Å². The average Bonchev–Trinajstić information content (AvgIpc) is 2.29. The molecule has 1 aromatic rings. The Bertz CT molecular complexity index is 449. The highest BCUT2D eigenvalue weighted by molar-refractivity contribution is 5.55. The van der Waals surface area contributed by atoms with Crippen molar-refractivity contribution in [3.63, 3.8) is 0 Å². The molecule has 0 aliphatic heterocycles. The number of nitrogen functional groups attached to an aromatic ring is 1. The number of rotatable bonds is 4. The zero-order valence-corrected chi connectivity index (χ0v) is 12.8. The first-order valence-electron chi connectivity index (χ1n) is 6.67. The normalized spacial score (nSPS) is 15.1. The summed E-state index contributed by atoms with van der Waals surface area (Å²) in [6, 6.07) is 0. The molecule has 0 aliphatic carbocycles. The monoisotopic (exact) mass is 266 g/mol. The van der Waals surface area contributed by atoms with Gasteiger partial charge in [-0.3, -0.25) is 0 Å². The van der Waals surface area contributed by atoms with Crippen molar-refractivity contribution < 1.29 is 5.11 Å². The number of nitrogens with one attached hydrogen (secondary N) is 1. The van der Waals surface area contributed by atoms with Gasteiger partial charge >= 0.3 is 0 Å². The van der Waals surface area contributed by atoms with Gasteiger partial charge in [-0.1, -0.05) is 27.7 Å². The van der Waals surface area contributed by atoms with Crippen molar-refractivity contribution in [1.29, 1.82) is 0 Å². The van der Waals surface area contributed by atoms with E-state index in [2.05, 4.69) is 15.3 Å². The van der Waals surface area contributed by atoms with E-state index >= 15 is 0 Å². The Morgan fingerprint density at radius 3 is 2.26 bits per heavy atom. The van der Waals surface area contributed by atoms with E-state index in [9.17, 15) is 5.11 Å². The lowest BCUT2D eigenvalue weighted by Crippen LogP contribution is -2.33. The van der Waals surface area contributed by atoms with Gasteiger partial charge in [0, 0.05) is 17.5 Å². The van der Waals surface area contributed by atoms with Crippen molar-refractivity contribution in [3.8, 4) is 0 Å². The van der Waals surface area contributed by atoms with Crippen molar-refractivity contribution in [2.75, 3.05) is 17.6 Å². The maximum atomic E-state index is 10.0. The first-order chi connectivity index (χ1) is 8.57. The number of hydrogen-bond acceptors (Lipinski definition) is 5. The van der Waals surface area contributed by atoms with Crippen LogP contribution in [0.15, 0.2) is 0 Å². The molecule has 19 heavy (non-hydrogen) atoms. The van der Waals surface area contributed by atoms with Crippen LogP contribution in [0.1, 0.15) is 52.4 Å². The summed E-state index contributed by atoms with van der Waals surface area (Å²) in [7, 11) is 0. The van der Waals surface area contributed by atoms with Gasteiger partial charge in [-0.2, -0.15) is 0 Å². The van der Waals surface area contributed by atoms with Crippen LogP contribution in [0.25, 0.3) is 0 Å². The summed E-state index contributed by atoms with van der Waals surface area (Å²) in [5, 5.41) is 13.2. The molecule has 0 fully saturated rings. The molecule has 0 aromatic carbocycles. The highest BCUT2D eigenvalue weighted by Crippen LogP contribution is 2.25. The fraction of sp³-hybridized carbons (Fsp3) is 0.714. The Morgan fingerprint density at radius 1 is 1.21 bits per heavy atom. The van der Waals surface area contributed by atoms with Gasteiger partial charge in [0.2, 0.25) is 0 Å². The molecule has 0 saturated heterocycles. The molecule has 0 bridgehead atoms. The molecule has 1 aromatic heterocycles. The molecule has 1 unspecified atom stereocenters. The second-order valence-electron chi connectivity index (χ2n) is 6.36. The van der Waals surface area contributed by atoms with Gasteiger partial charge in [-0.05, 0) is 20.3 Å². The van der Waals surface area contributed by atoms with Gasteiger partial charge in [0.15, 0.2) is 0 Å². The van der Waals surface area contributed by atoms with Crippen molar-refractivity contribution >= 4 is 11.6 Å². The third kappa shape index (κ3) is 4.06. The molecular formula is C14H26N4O. The van der Waals surface area contributed by atoms with Gasteiger partial charge in [-0.15, -0.1) is 0 Å². The van der Waals surface area contributed by atoms with Gasteiger partial charge in [0.25, 0.3) is 0 Å². The minimum Gasteiger partial charge on any atom is -0.388 e. The number of aliphatic hydroxyl groups is 1. The van der Waals surface area contributed by atoms with E-state index in [4.69, 9.17) is 5.73 Å². The molecule has 0 saturated carbocycles. The molecule has 1 rings (SSSR count). The van der Waals surface area contributed by atoms with Crippen LogP contribution >= 0.6 is 0 Å². The number of anilines is 2. The zero-order chi connectivity index (χ0) is 14.8. The third-order valence-corrected chi connectivity index (χ3v) is 3.25. The van der Waals surface area contributed by atoms with Crippen LogP contribution in [0.2, 0.25) is 0 Å². The van der Waals surface area contributed by atoms with Gasteiger partial charge in [0.1, 0.15) is 17.5 Å². The lowest BCUT2D eigenvalue weighted by molar-refractivity contribution is 0.0696. The van der Waals surface area contributed by atoms with Crippen molar-refractivity contribution in [2.45, 2.75) is 59.0 Å². The summed E-state index contributed by atoms with van der Waals surface area (Å²) in [6.45, 7) is 12.2. The minimum atomic E-state index is -0.756. The van der Waals surface area contributed by atoms with Crippen LogP contribution in [-0.2, 0) is 5.41 Å². The van der Waals surface area contributed by atoms with Crippen LogP contribution in [-0.4, -0.2) is 27.2 Å². The predicted octanol–water partition coefficient (Wildman–Crippen LogP) is 2.24. The van der Waals surface area contributed by atoms with Gasteiger partial charge in [0.05, 0.1) is 5.60 Å². The van der Waals surface area contributed by atoms with Crippen LogP contribution in [0.5, 0.6) is 0 Å². The average molecular weight is 266 g/mol. The van der Waals surface area contributed by atoms with Crippen molar-refractivity contribution in [3.05, 3.63) is 11.4 Å². The molecule has 1 atom stereocenters. The molecule has 5 nitrogen and oxygen atoms in total. The molecule has 0 spiro atoms. The van der Waals surface area contributed by atoms with Gasteiger partial charge in [-0.25, -0.2) is 9.97 Å². The summed E-state index contributed by atoms with van der Waals surface area (Å²) in [5.41, 5.74) is 5.84. The molecule has 5 heteroatoms. The summed E-state index contributed by atoms with van der Waals surface area (Å²) in [5.74, 6) is 1.89. The number of nitrogens with two attached hydrogens (primary N) is 1. The SMILES string of the molecule is CCC(C)(O)CNc1nc(C(C)(C)C)nc(N)c1C. The van der Waals surface area contributed by atoms with Crippen LogP contribution in [0, 0.1) is 6.92 Å². The van der Waals surface area contributed by atoms with E-state index < -0.39 is 5.60 Å². The zero-order valence-electron chi connectivity index (χ0n) is 12.8. The summed E-state index contributed by atoms with van der Waals surface area (Å²) in [6.07, 6.45) is 0.672. The highest BCUT2D eigenvalue weighted by atomic mass is 16.3. The Kier molecular flexibility index (Phi) is 4.40. The molecule has 0 aliphatic rings. The minimum absolute atomic E-state index is 0.161. The second-order valence-corrected chi connectivity index (χ2v) is 6.36. The van der Waals surface area contributed by atoms with Crippen molar-refractivity contribution in [2.24, 2.45) is 0 Å². The van der Waals surface area contributed by atoms with Crippen LogP contribution in [0.4, 0.5) is 11.6 Å². The number of aromatic nitrogens is 2. The van der Waals surface area contributed by atoms with E-state index in [0.717, 1.165) is 5.56 Å². The maximum Gasteiger partial charge on any atom is 0.138 e. The third-order valence-electron chi connectivity index (χ3n) is 3.25. The Morgan fingerprint density at radius 2 is 1.79 bits per heavy atom. The lowest BCUT2D eigenvalue weighted by Gasteiger charge is -2.24. The Hall–Kier alpha value is -1.36. The first kappa shape index (κ1) is 15.7. The fourth-order valence-corrected chi connectivity index (χ4v) is 1.44. The summed E-state index contributed by atoms with van der Waals surface area (Å²) in [4.78, 5) is 8.86. The molecular weight excluding hydrogens is 240 g/mol. The summed E-state index contributed by atoms with van der Waals surface area (Å²) < 4.78 is 0. The summed E-state index contributed by atoms with van der Waals surface area (Å²) >= 11 is 0. The lowest BCUT2D eigenvalue weighted by atomic mass is 9.95. The Labute approximate surface area is 115 Å². The topological polar surface area (TPSA) is 84.1 Å². The van der Waals surface area contributed by atoms with Crippen LogP contribution in [0.3, 0.4) is 0 Å². The van der Waals surface area contributed by atoms with Gasteiger partial charge < -0.3 is 16.2 Å². The first-order valence-corrected chi connectivity index (χ1v) is 6.67. The molecule has 1 heterocycles. The molecule has 4 N–H and O–H groups in total. The molecule has 0 radical (unpaired) electrons. The second kappa shape index (κ2) is 5.33. The van der Waals surface area contributed by atoms with E-state index in [0.29, 0.717) is 30.4 Å². The Balaban J connectivity index is 3.04. The standard InChI is InChI=1S/C14H26N4O/c1-7-14(6,19)8-16-11-9(2)10(15)17-12(18-11)13(3,4)5/h19H,7-8H2,1-6H3,(H3,15,16,17,18). The van der Waals surface area contributed by atoms with Crippen LogP contribution < -0.4 is 11.1 Å². The smallest absolute Gasteiger partial charge is 0.138 e. The quantitative estimate of drug-likeness (QED) is 0.778.